The number of alkyl halides is 3. The summed E-state index contributed by atoms with van der Waals surface area (Å²) in [5.41, 5.74) is -0.0550. The monoisotopic (exact) mass is 336 g/mol. The molecule has 0 spiro atoms. The molecule has 1 N–H and O–H groups in total. The summed E-state index contributed by atoms with van der Waals surface area (Å²) in [4.78, 5) is 10.3. The molecule has 0 amide bonds. The smallest absolute Gasteiger partial charge is 0.417 e. The van der Waals surface area contributed by atoms with Crippen molar-refractivity contribution in [1.29, 1.82) is 0 Å². The first kappa shape index (κ1) is 15.2. The Morgan fingerprint density at radius 3 is 2.83 bits per heavy atom. The summed E-state index contributed by atoms with van der Waals surface area (Å²) >= 11 is 0. The first-order valence-electron chi connectivity index (χ1n) is 7.64. The van der Waals surface area contributed by atoms with E-state index in [0.717, 1.165) is 25.6 Å². The number of rotatable bonds is 2. The molecular weight excluding hydrogens is 321 g/mol. The van der Waals surface area contributed by atoms with Crippen molar-refractivity contribution >= 4 is 27.9 Å². The minimum atomic E-state index is -4.47. The summed E-state index contributed by atoms with van der Waals surface area (Å²) in [5, 5.41) is 3.20. The molecule has 0 unspecified atom stereocenters. The molecule has 1 fully saturated rings. The van der Waals surface area contributed by atoms with Crippen LogP contribution in [0.15, 0.2) is 28.9 Å². The van der Waals surface area contributed by atoms with Gasteiger partial charge in [-0.15, -0.1) is 0 Å². The topological polar surface area (TPSA) is 54.2 Å². The van der Waals surface area contributed by atoms with Gasteiger partial charge in [0.25, 0.3) is 0 Å². The zero-order chi connectivity index (χ0) is 16.9. The maximum atomic E-state index is 13.3. The number of nitrogens with one attached hydrogen (secondary N) is 1. The number of halogens is 3. The Hall–Kier alpha value is -2.35. The van der Waals surface area contributed by atoms with Crippen LogP contribution in [0.5, 0.6) is 0 Å². The lowest BCUT2D eigenvalue weighted by Gasteiger charge is -2.16. The molecule has 0 saturated carbocycles. The molecule has 5 nitrogen and oxygen atoms in total. The van der Waals surface area contributed by atoms with Crippen LogP contribution in [-0.4, -0.2) is 36.1 Å². The standard InChI is InChI=1S/C16H15F3N4O/c1-20-9-5-6-23(7-9)15-14-13(21-8-22-15)12-10(16(17,18)19)3-2-4-11(12)24-14/h2-4,8-9,20H,5-7H2,1H3/t9-/m1/s1. The molecule has 2 aromatic heterocycles. The molecule has 4 rings (SSSR count). The molecule has 24 heavy (non-hydrogen) atoms. The van der Waals surface area contributed by atoms with Crippen molar-refractivity contribution in [3.8, 4) is 0 Å². The number of benzene rings is 1. The van der Waals surface area contributed by atoms with Crippen molar-refractivity contribution in [3.63, 3.8) is 0 Å². The summed E-state index contributed by atoms with van der Waals surface area (Å²) in [6.07, 6.45) is -2.23. The van der Waals surface area contributed by atoms with Gasteiger partial charge in [0.15, 0.2) is 11.4 Å². The van der Waals surface area contributed by atoms with Crippen molar-refractivity contribution in [1.82, 2.24) is 15.3 Å². The second-order valence-corrected chi connectivity index (χ2v) is 5.87. The third-order valence-corrected chi connectivity index (χ3v) is 4.46. The first-order chi connectivity index (χ1) is 11.5. The minimum absolute atomic E-state index is 0.00647. The van der Waals surface area contributed by atoms with Gasteiger partial charge in [0, 0.05) is 19.1 Å². The largest absolute Gasteiger partial charge is 0.450 e. The average molecular weight is 336 g/mol. The third kappa shape index (κ3) is 2.29. The Balaban J connectivity index is 1.93. The molecule has 0 aliphatic carbocycles. The molecule has 3 heterocycles. The Morgan fingerprint density at radius 1 is 1.29 bits per heavy atom. The lowest BCUT2D eigenvalue weighted by Crippen LogP contribution is -2.29. The van der Waals surface area contributed by atoms with E-state index in [1.807, 2.05) is 11.9 Å². The average Bonchev–Trinajstić information content (AvgIpc) is 3.17. The number of aromatic nitrogens is 2. The Kier molecular flexibility index (Phi) is 3.38. The second kappa shape index (κ2) is 5.34. The van der Waals surface area contributed by atoms with Gasteiger partial charge in [-0.25, -0.2) is 9.97 Å². The van der Waals surface area contributed by atoms with E-state index < -0.39 is 11.7 Å². The number of anilines is 1. The van der Waals surface area contributed by atoms with E-state index in [0.29, 0.717) is 17.4 Å². The maximum Gasteiger partial charge on any atom is 0.417 e. The van der Waals surface area contributed by atoms with Crippen molar-refractivity contribution < 1.29 is 17.6 Å². The molecule has 1 aliphatic rings. The van der Waals surface area contributed by atoms with Crippen LogP contribution in [-0.2, 0) is 6.18 Å². The molecule has 8 heteroatoms. The van der Waals surface area contributed by atoms with Crippen LogP contribution in [0, 0.1) is 0 Å². The van der Waals surface area contributed by atoms with Gasteiger partial charge in [-0.05, 0) is 25.6 Å². The van der Waals surface area contributed by atoms with E-state index in [2.05, 4.69) is 15.3 Å². The number of hydrogen-bond donors (Lipinski definition) is 1. The minimum Gasteiger partial charge on any atom is -0.450 e. The van der Waals surface area contributed by atoms with Gasteiger partial charge < -0.3 is 14.6 Å². The van der Waals surface area contributed by atoms with Gasteiger partial charge >= 0.3 is 6.18 Å². The van der Waals surface area contributed by atoms with Gasteiger partial charge in [-0.1, -0.05) is 6.07 Å². The Morgan fingerprint density at radius 2 is 2.12 bits per heavy atom. The number of nitrogens with zero attached hydrogens (tertiary/aromatic N) is 3. The second-order valence-electron chi connectivity index (χ2n) is 5.87. The normalized spacial score (nSPS) is 18.8. The predicted molar refractivity (Wildman–Crippen MR) is 84.0 cm³/mol. The van der Waals surface area contributed by atoms with Crippen LogP contribution >= 0.6 is 0 Å². The molecule has 1 aromatic carbocycles. The van der Waals surface area contributed by atoms with Gasteiger partial charge in [0.2, 0.25) is 0 Å². The van der Waals surface area contributed by atoms with Crippen LogP contribution < -0.4 is 10.2 Å². The Labute approximate surface area is 135 Å². The number of hydrogen-bond acceptors (Lipinski definition) is 5. The van der Waals surface area contributed by atoms with E-state index in [4.69, 9.17) is 4.42 Å². The third-order valence-electron chi connectivity index (χ3n) is 4.46. The molecule has 1 saturated heterocycles. The fourth-order valence-corrected chi connectivity index (χ4v) is 3.26. The highest BCUT2D eigenvalue weighted by molar-refractivity contribution is 6.07. The highest BCUT2D eigenvalue weighted by Gasteiger charge is 2.35. The fraction of sp³-hybridized carbons (Fsp3) is 0.375. The molecule has 1 aliphatic heterocycles. The summed E-state index contributed by atoms with van der Waals surface area (Å²) < 4.78 is 45.7. The summed E-state index contributed by atoms with van der Waals surface area (Å²) in [5.74, 6) is 0.544. The van der Waals surface area contributed by atoms with Crippen LogP contribution in [0.25, 0.3) is 22.1 Å². The van der Waals surface area contributed by atoms with Crippen molar-refractivity contribution in [2.75, 3.05) is 25.0 Å². The van der Waals surface area contributed by atoms with Crippen LogP contribution in [0.3, 0.4) is 0 Å². The van der Waals surface area contributed by atoms with Crippen molar-refractivity contribution in [2.45, 2.75) is 18.6 Å². The molecule has 0 bridgehead atoms. The molecular formula is C16H15F3N4O. The molecule has 0 radical (unpaired) electrons. The summed E-state index contributed by atoms with van der Waals surface area (Å²) in [6, 6.07) is 4.24. The predicted octanol–water partition coefficient (Wildman–Crippen LogP) is 3.19. The van der Waals surface area contributed by atoms with E-state index in [1.165, 1.54) is 18.5 Å². The lowest BCUT2D eigenvalue weighted by atomic mass is 10.1. The lowest BCUT2D eigenvalue weighted by molar-refractivity contribution is -0.136. The van der Waals surface area contributed by atoms with Crippen LogP contribution in [0.4, 0.5) is 19.0 Å². The fourth-order valence-electron chi connectivity index (χ4n) is 3.26. The molecule has 1 atom stereocenters. The van der Waals surface area contributed by atoms with E-state index in [9.17, 15) is 13.2 Å². The van der Waals surface area contributed by atoms with Gasteiger partial charge in [-0.2, -0.15) is 13.2 Å². The van der Waals surface area contributed by atoms with Gasteiger partial charge in [0.05, 0.1) is 10.9 Å². The number of likely N-dealkylation sites (N-methyl/N-ethyl adjacent to an activating group) is 1. The van der Waals surface area contributed by atoms with E-state index in [1.54, 1.807) is 0 Å². The quantitative estimate of drug-likeness (QED) is 0.779. The zero-order valence-electron chi connectivity index (χ0n) is 12.9. The zero-order valence-corrected chi connectivity index (χ0v) is 12.9. The highest BCUT2D eigenvalue weighted by atomic mass is 19.4. The number of furan rings is 1. The molecule has 126 valence electrons. The summed E-state index contributed by atoms with van der Waals surface area (Å²) in [6.45, 7) is 1.49. The van der Waals surface area contributed by atoms with E-state index >= 15 is 0 Å². The first-order valence-corrected chi connectivity index (χ1v) is 7.64. The highest BCUT2D eigenvalue weighted by Crippen LogP contribution is 2.40. The number of fused-ring (bicyclic) bond motifs is 3. The van der Waals surface area contributed by atoms with Crippen LogP contribution in [0.2, 0.25) is 0 Å². The van der Waals surface area contributed by atoms with Gasteiger partial charge in [-0.3, -0.25) is 0 Å². The van der Waals surface area contributed by atoms with Crippen molar-refractivity contribution in [2.24, 2.45) is 0 Å². The van der Waals surface area contributed by atoms with Crippen molar-refractivity contribution in [3.05, 3.63) is 30.1 Å². The SMILES string of the molecule is CN[C@@H]1CCN(c2ncnc3c2oc2cccc(C(F)(F)F)c23)C1. The molecule has 3 aromatic rings. The van der Waals surface area contributed by atoms with Crippen LogP contribution in [0.1, 0.15) is 12.0 Å². The summed E-state index contributed by atoms with van der Waals surface area (Å²) in [7, 11) is 1.89. The Bertz CT molecular complexity index is 905. The van der Waals surface area contributed by atoms with E-state index in [-0.39, 0.29) is 16.5 Å². The maximum absolute atomic E-state index is 13.3. The van der Waals surface area contributed by atoms with Gasteiger partial charge in [0.1, 0.15) is 17.4 Å².